The van der Waals surface area contributed by atoms with E-state index in [1.807, 2.05) is 59.3 Å². The van der Waals surface area contributed by atoms with Gasteiger partial charge < -0.3 is 19.5 Å². The van der Waals surface area contributed by atoms with E-state index in [1.54, 1.807) is 12.5 Å². The van der Waals surface area contributed by atoms with Crippen molar-refractivity contribution < 1.29 is 9.53 Å². The molecule has 152 valence electrons. The Bertz CT molecular complexity index is 888. The summed E-state index contributed by atoms with van der Waals surface area (Å²) in [5.41, 5.74) is 2.55. The van der Waals surface area contributed by atoms with Crippen LogP contribution in [0.4, 0.5) is 0 Å². The number of ether oxygens (including phenoxy) is 1. The highest BCUT2D eigenvalue weighted by atomic mass is 16.5. The van der Waals surface area contributed by atoms with E-state index in [-0.39, 0.29) is 5.91 Å². The van der Waals surface area contributed by atoms with Crippen molar-refractivity contribution in [3.05, 3.63) is 78.4 Å². The zero-order valence-electron chi connectivity index (χ0n) is 17.0. The lowest BCUT2D eigenvalue weighted by molar-refractivity contribution is 0.0950. The van der Waals surface area contributed by atoms with Gasteiger partial charge in [0.05, 0.1) is 6.33 Å². The Morgan fingerprint density at radius 3 is 2.55 bits per heavy atom. The van der Waals surface area contributed by atoms with Gasteiger partial charge in [0.25, 0.3) is 5.91 Å². The monoisotopic (exact) mass is 392 g/mol. The number of nitrogens with one attached hydrogen (secondary N) is 1. The van der Waals surface area contributed by atoms with Crippen molar-refractivity contribution in [2.45, 2.75) is 20.4 Å². The molecule has 0 aliphatic carbocycles. The average molecular weight is 393 g/mol. The third-order valence-corrected chi connectivity index (χ3v) is 4.90. The molecule has 3 rings (SSSR count). The molecule has 0 unspecified atom stereocenters. The van der Waals surface area contributed by atoms with Crippen molar-refractivity contribution in [1.82, 2.24) is 19.8 Å². The normalized spacial score (nSPS) is 10.9. The highest BCUT2D eigenvalue weighted by molar-refractivity contribution is 5.94. The number of carbonyl (C=O) groups is 1. The Balaban J connectivity index is 1.56. The quantitative estimate of drug-likeness (QED) is 0.574. The second-order valence-electron chi connectivity index (χ2n) is 6.68. The predicted octanol–water partition coefficient (Wildman–Crippen LogP) is 3.52. The number of imidazole rings is 1. The Labute approximate surface area is 172 Å². The molecule has 0 aliphatic rings. The van der Waals surface area contributed by atoms with E-state index < -0.39 is 0 Å². The van der Waals surface area contributed by atoms with E-state index in [1.165, 1.54) is 0 Å². The Morgan fingerprint density at radius 1 is 1.10 bits per heavy atom. The molecule has 0 bridgehead atoms. The van der Waals surface area contributed by atoms with E-state index in [9.17, 15) is 4.79 Å². The summed E-state index contributed by atoms with van der Waals surface area (Å²) in [4.78, 5) is 18.9. The third-order valence-electron chi connectivity index (χ3n) is 4.90. The molecule has 1 N–H and O–H groups in total. The maximum atomic E-state index is 12.5. The minimum absolute atomic E-state index is 0.111. The first-order valence-electron chi connectivity index (χ1n) is 10.0. The van der Waals surface area contributed by atoms with Gasteiger partial charge in [0, 0.05) is 42.3 Å². The van der Waals surface area contributed by atoms with Gasteiger partial charge in [0.2, 0.25) is 0 Å². The van der Waals surface area contributed by atoms with Gasteiger partial charge in [-0.1, -0.05) is 32.0 Å². The molecule has 0 saturated heterocycles. The predicted molar refractivity (Wildman–Crippen MR) is 114 cm³/mol. The minimum Gasteiger partial charge on any atom is -0.492 e. The van der Waals surface area contributed by atoms with Crippen molar-refractivity contribution in [2.75, 3.05) is 26.2 Å². The van der Waals surface area contributed by atoms with Crippen LogP contribution in [0.2, 0.25) is 0 Å². The number of rotatable bonds is 10. The van der Waals surface area contributed by atoms with Crippen molar-refractivity contribution in [1.29, 1.82) is 0 Å². The lowest BCUT2D eigenvalue weighted by Gasteiger charge is -2.19. The van der Waals surface area contributed by atoms with Crippen LogP contribution in [-0.2, 0) is 6.54 Å². The number of nitrogens with zero attached hydrogens (tertiary/aromatic N) is 3. The summed E-state index contributed by atoms with van der Waals surface area (Å²) < 4.78 is 7.86. The Hall–Kier alpha value is -3.12. The van der Waals surface area contributed by atoms with Crippen LogP contribution in [0.5, 0.6) is 5.75 Å². The molecule has 1 amide bonds. The van der Waals surface area contributed by atoms with Crippen LogP contribution in [0.15, 0.2) is 67.3 Å². The molecular weight excluding hydrogens is 364 g/mol. The summed E-state index contributed by atoms with van der Waals surface area (Å²) >= 11 is 0. The molecule has 0 atom stereocenters. The van der Waals surface area contributed by atoms with Crippen LogP contribution < -0.4 is 10.1 Å². The van der Waals surface area contributed by atoms with Crippen LogP contribution in [0.1, 0.15) is 29.8 Å². The molecule has 6 nitrogen and oxygen atoms in total. The standard InChI is InChI=1S/C23H28N4O2/c1-3-26(4-2)15-16-29-22-8-6-5-7-20(22)17-25-23(28)19-9-11-21(12-10-19)27-14-13-24-18-27/h5-14,18H,3-4,15-17H2,1-2H3,(H,25,28). The molecule has 0 aliphatic heterocycles. The fourth-order valence-corrected chi connectivity index (χ4v) is 3.09. The van der Waals surface area contributed by atoms with Crippen LogP contribution in [0, 0.1) is 0 Å². The van der Waals surface area contributed by atoms with Crippen molar-refractivity contribution >= 4 is 5.91 Å². The topological polar surface area (TPSA) is 59.4 Å². The van der Waals surface area contributed by atoms with Gasteiger partial charge in [-0.2, -0.15) is 0 Å². The summed E-state index contributed by atoms with van der Waals surface area (Å²) in [5.74, 6) is 0.704. The van der Waals surface area contributed by atoms with Crippen LogP contribution >= 0.6 is 0 Å². The number of para-hydroxylation sites is 1. The second kappa shape index (κ2) is 10.4. The van der Waals surface area contributed by atoms with Gasteiger partial charge in [-0.3, -0.25) is 4.79 Å². The molecule has 0 saturated carbocycles. The molecule has 0 fully saturated rings. The van der Waals surface area contributed by atoms with E-state index in [2.05, 4.69) is 29.0 Å². The fourth-order valence-electron chi connectivity index (χ4n) is 3.09. The number of amides is 1. The zero-order valence-corrected chi connectivity index (χ0v) is 17.0. The molecule has 0 spiro atoms. The highest BCUT2D eigenvalue weighted by Gasteiger charge is 2.09. The van der Waals surface area contributed by atoms with Gasteiger partial charge in [-0.25, -0.2) is 4.98 Å². The summed E-state index contributed by atoms with van der Waals surface area (Å²) in [5, 5.41) is 2.98. The SMILES string of the molecule is CCN(CC)CCOc1ccccc1CNC(=O)c1ccc(-n2ccnc2)cc1. The molecule has 2 aromatic carbocycles. The van der Waals surface area contributed by atoms with E-state index in [0.29, 0.717) is 18.7 Å². The van der Waals surface area contributed by atoms with Gasteiger partial charge in [0.15, 0.2) is 0 Å². The largest absolute Gasteiger partial charge is 0.492 e. The number of aromatic nitrogens is 2. The first-order chi connectivity index (χ1) is 14.2. The fraction of sp³-hybridized carbons (Fsp3) is 0.304. The maximum Gasteiger partial charge on any atom is 0.251 e. The lowest BCUT2D eigenvalue weighted by atomic mass is 10.1. The Kier molecular flexibility index (Phi) is 7.41. The van der Waals surface area contributed by atoms with Crippen LogP contribution in [-0.4, -0.2) is 46.6 Å². The molecule has 0 radical (unpaired) electrons. The molecule has 3 aromatic rings. The molecular formula is C23H28N4O2. The average Bonchev–Trinajstić information content (AvgIpc) is 3.31. The van der Waals surface area contributed by atoms with Crippen molar-refractivity contribution in [3.63, 3.8) is 0 Å². The van der Waals surface area contributed by atoms with Crippen molar-refractivity contribution in [2.24, 2.45) is 0 Å². The minimum atomic E-state index is -0.111. The number of benzene rings is 2. The smallest absolute Gasteiger partial charge is 0.251 e. The molecule has 1 aromatic heterocycles. The van der Waals surface area contributed by atoms with E-state index in [0.717, 1.165) is 36.6 Å². The number of likely N-dealkylation sites (N-methyl/N-ethyl adjacent to an activating group) is 1. The van der Waals surface area contributed by atoms with Gasteiger partial charge in [-0.15, -0.1) is 0 Å². The molecule has 6 heteroatoms. The molecule has 1 heterocycles. The van der Waals surface area contributed by atoms with E-state index in [4.69, 9.17) is 4.74 Å². The number of hydrogen-bond acceptors (Lipinski definition) is 4. The van der Waals surface area contributed by atoms with Gasteiger partial charge in [-0.05, 0) is 43.4 Å². The summed E-state index contributed by atoms with van der Waals surface area (Å²) in [6, 6.07) is 15.3. The first-order valence-corrected chi connectivity index (χ1v) is 10.0. The van der Waals surface area contributed by atoms with Gasteiger partial charge >= 0.3 is 0 Å². The Morgan fingerprint density at radius 2 is 1.86 bits per heavy atom. The first kappa shape index (κ1) is 20.6. The van der Waals surface area contributed by atoms with E-state index >= 15 is 0 Å². The van der Waals surface area contributed by atoms with Gasteiger partial charge in [0.1, 0.15) is 12.4 Å². The lowest BCUT2D eigenvalue weighted by Crippen LogP contribution is -2.28. The second-order valence-corrected chi connectivity index (χ2v) is 6.68. The third kappa shape index (κ3) is 5.68. The summed E-state index contributed by atoms with van der Waals surface area (Å²) in [6.45, 7) is 8.25. The highest BCUT2D eigenvalue weighted by Crippen LogP contribution is 2.18. The van der Waals surface area contributed by atoms with Crippen LogP contribution in [0.3, 0.4) is 0 Å². The molecule has 29 heavy (non-hydrogen) atoms. The summed E-state index contributed by atoms with van der Waals surface area (Å²) in [7, 11) is 0. The van der Waals surface area contributed by atoms with Crippen LogP contribution in [0.25, 0.3) is 5.69 Å². The summed E-state index contributed by atoms with van der Waals surface area (Å²) in [6.07, 6.45) is 5.32. The maximum absolute atomic E-state index is 12.5. The van der Waals surface area contributed by atoms with Crippen molar-refractivity contribution in [3.8, 4) is 11.4 Å². The zero-order chi connectivity index (χ0) is 20.5. The number of hydrogen-bond donors (Lipinski definition) is 1. The number of carbonyl (C=O) groups excluding carboxylic acids is 1.